The molecule has 0 saturated heterocycles. The Bertz CT molecular complexity index is 486. The molecular formula is C8H9BrN4O5. The molecule has 0 N–H and O–H groups in total. The number of ketones is 1. The molecule has 0 aliphatic rings. The van der Waals surface area contributed by atoms with Gasteiger partial charge in [-0.05, 0) is 16.8 Å². The van der Waals surface area contributed by atoms with Crippen LogP contribution in [0.15, 0.2) is 4.73 Å². The third-order valence-electron chi connectivity index (χ3n) is 1.75. The molecule has 0 unspecified atom stereocenters. The first-order valence-corrected chi connectivity index (χ1v) is 5.65. The highest BCUT2D eigenvalue weighted by atomic mass is 79.9. The number of Topliss-reactive ketones (excluding diaryl/α,β-unsaturated/α-hetero) is 1. The van der Waals surface area contributed by atoms with Crippen molar-refractivity contribution in [1.29, 1.82) is 0 Å². The first-order chi connectivity index (χ1) is 8.43. The smallest absolute Gasteiger partial charge is 0.466 e. The Morgan fingerprint density at radius 2 is 2.22 bits per heavy atom. The van der Waals surface area contributed by atoms with Crippen LogP contribution in [0.1, 0.15) is 13.3 Å². The van der Waals surface area contributed by atoms with E-state index in [9.17, 15) is 19.7 Å². The zero-order chi connectivity index (χ0) is 13.7. The Morgan fingerprint density at radius 3 is 2.72 bits per heavy atom. The molecule has 0 atom stereocenters. The molecule has 0 aliphatic carbocycles. The molecule has 0 aliphatic heterocycles. The van der Waals surface area contributed by atoms with Crippen LogP contribution < -0.4 is 0 Å². The number of halogens is 1. The van der Waals surface area contributed by atoms with Crippen molar-refractivity contribution in [3.63, 3.8) is 0 Å². The molecule has 18 heavy (non-hydrogen) atoms. The molecule has 1 heterocycles. The van der Waals surface area contributed by atoms with Crippen molar-refractivity contribution in [1.82, 2.24) is 14.8 Å². The predicted octanol–water partition coefficient (Wildman–Crippen LogP) is 0.471. The molecule has 0 amide bonds. The van der Waals surface area contributed by atoms with Gasteiger partial charge in [0.05, 0.1) is 6.61 Å². The number of hydrogen-bond donors (Lipinski definition) is 0. The summed E-state index contributed by atoms with van der Waals surface area (Å²) in [5.41, 5.74) is 0. The number of aromatic nitrogens is 3. The van der Waals surface area contributed by atoms with Crippen LogP contribution in [0, 0.1) is 10.1 Å². The summed E-state index contributed by atoms with van der Waals surface area (Å²) in [6, 6.07) is 0. The SMILES string of the molecule is CCOC(=O)CC(=O)Cn1nc([N+](=O)[O-])nc1Br. The van der Waals surface area contributed by atoms with Gasteiger partial charge < -0.3 is 14.9 Å². The van der Waals surface area contributed by atoms with Gasteiger partial charge in [-0.1, -0.05) is 0 Å². The van der Waals surface area contributed by atoms with Gasteiger partial charge in [0.1, 0.15) is 13.0 Å². The van der Waals surface area contributed by atoms with Crippen molar-refractivity contribution in [2.45, 2.75) is 19.9 Å². The van der Waals surface area contributed by atoms with E-state index in [2.05, 4.69) is 30.7 Å². The van der Waals surface area contributed by atoms with Crippen molar-refractivity contribution in [3.8, 4) is 0 Å². The quantitative estimate of drug-likeness (QED) is 0.323. The highest BCUT2D eigenvalue weighted by Gasteiger charge is 2.22. The number of nitro groups is 1. The molecule has 1 aromatic heterocycles. The lowest BCUT2D eigenvalue weighted by Gasteiger charge is -2.00. The molecule has 0 bridgehead atoms. The van der Waals surface area contributed by atoms with Crippen molar-refractivity contribution in [2.75, 3.05) is 6.61 Å². The van der Waals surface area contributed by atoms with E-state index in [0.717, 1.165) is 4.68 Å². The monoisotopic (exact) mass is 320 g/mol. The first kappa shape index (κ1) is 14.2. The van der Waals surface area contributed by atoms with Crippen molar-refractivity contribution >= 4 is 33.6 Å². The van der Waals surface area contributed by atoms with Crippen LogP contribution in [-0.2, 0) is 20.9 Å². The third-order valence-corrected chi connectivity index (χ3v) is 2.34. The molecule has 0 aromatic carbocycles. The lowest BCUT2D eigenvalue weighted by molar-refractivity contribution is -0.394. The van der Waals surface area contributed by atoms with Crippen molar-refractivity contribution in [2.24, 2.45) is 0 Å². The number of esters is 1. The van der Waals surface area contributed by atoms with Gasteiger partial charge in [-0.2, -0.15) is 4.68 Å². The van der Waals surface area contributed by atoms with E-state index in [0.29, 0.717) is 0 Å². The topological polar surface area (TPSA) is 117 Å². The summed E-state index contributed by atoms with van der Waals surface area (Å²) in [7, 11) is 0. The molecule has 0 spiro atoms. The molecule has 0 saturated carbocycles. The fourth-order valence-corrected chi connectivity index (χ4v) is 1.45. The molecule has 0 fully saturated rings. The van der Waals surface area contributed by atoms with Crippen molar-refractivity contribution in [3.05, 3.63) is 14.8 Å². The van der Waals surface area contributed by atoms with Gasteiger partial charge in [0.15, 0.2) is 5.78 Å². The Balaban J connectivity index is 2.64. The number of nitrogens with zero attached hydrogens (tertiary/aromatic N) is 4. The number of rotatable bonds is 6. The van der Waals surface area contributed by atoms with Crippen LogP contribution in [0.5, 0.6) is 0 Å². The molecule has 9 nitrogen and oxygen atoms in total. The number of ether oxygens (including phenoxy) is 1. The Morgan fingerprint density at radius 1 is 1.56 bits per heavy atom. The van der Waals surface area contributed by atoms with Crippen LogP contribution in [0.25, 0.3) is 0 Å². The minimum Gasteiger partial charge on any atom is -0.466 e. The number of hydrogen-bond acceptors (Lipinski definition) is 7. The van der Waals surface area contributed by atoms with E-state index in [-0.39, 0.29) is 17.9 Å². The van der Waals surface area contributed by atoms with Crippen LogP contribution >= 0.6 is 15.9 Å². The first-order valence-electron chi connectivity index (χ1n) is 4.86. The van der Waals surface area contributed by atoms with Gasteiger partial charge in [-0.3, -0.25) is 9.59 Å². The summed E-state index contributed by atoms with van der Waals surface area (Å²) in [5, 5.41) is 13.9. The lowest BCUT2D eigenvalue weighted by Crippen LogP contribution is -2.17. The van der Waals surface area contributed by atoms with E-state index < -0.39 is 29.0 Å². The summed E-state index contributed by atoms with van der Waals surface area (Å²) < 4.78 is 5.65. The molecule has 0 radical (unpaired) electrons. The van der Waals surface area contributed by atoms with E-state index in [1.165, 1.54) is 0 Å². The van der Waals surface area contributed by atoms with Gasteiger partial charge in [-0.25, -0.2) is 0 Å². The standard InChI is InChI=1S/C8H9BrN4O5/c1-2-18-6(15)3-5(14)4-12-7(9)10-8(11-12)13(16)17/h2-4H2,1H3. The zero-order valence-corrected chi connectivity index (χ0v) is 10.9. The van der Waals surface area contributed by atoms with Gasteiger partial charge >= 0.3 is 11.9 Å². The minimum atomic E-state index is -0.781. The van der Waals surface area contributed by atoms with Crippen molar-refractivity contribution < 1.29 is 19.2 Å². The van der Waals surface area contributed by atoms with Gasteiger partial charge in [-0.15, -0.1) is 0 Å². The maximum Gasteiger partial charge on any atom is 0.492 e. The molecule has 1 rings (SSSR count). The maximum absolute atomic E-state index is 11.4. The van der Waals surface area contributed by atoms with E-state index in [1.807, 2.05) is 0 Å². The van der Waals surface area contributed by atoms with Crippen LogP contribution in [0.2, 0.25) is 0 Å². The predicted molar refractivity (Wildman–Crippen MR) is 60.6 cm³/mol. The summed E-state index contributed by atoms with van der Waals surface area (Å²) in [6.45, 7) is 1.52. The van der Waals surface area contributed by atoms with Gasteiger partial charge in [0.2, 0.25) is 0 Å². The van der Waals surface area contributed by atoms with Crippen LogP contribution in [-0.4, -0.2) is 38.0 Å². The van der Waals surface area contributed by atoms with Gasteiger partial charge in [0.25, 0.3) is 4.73 Å². The summed E-state index contributed by atoms with van der Waals surface area (Å²) in [5.74, 6) is -1.74. The van der Waals surface area contributed by atoms with Gasteiger partial charge in [0, 0.05) is 21.0 Å². The highest BCUT2D eigenvalue weighted by Crippen LogP contribution is 2.12. The Labute approximate surface area is 109 Å². The lowest BCUT2D eigenvalue weighted by atomic mass is 10.3. The molecular weight excluding hydrogens is 312 g/mol. The second kappa shape index (κ2) is 6.19. The highest BCUT2D eigenvalue weighted by molar-refractivity contribution is 9.10. The molecule has 1 aromatic rings. The van der Waals surface area contributed by atoms with Crippen LogP contribution in [0.3, 0.4) is 0 Å². The number of carbonyl (C=O) groups excluding carboxylic acids is 2. The van der Waals surface area contributed by atoms with E-state index in [1.54, 1.807) is 6.92 Å². The van der Waals surface area contributed by atoms with Crippen LogP contribution in [0.4, 0.5) is 5.95 Å². The Kier molecular flexibility index (Phi) is 4.89. The number of carbonyl (C=O) groups is 2. The molecule has 10 heteroatoms. The maximum atomic E-state index is 11.4. The zero-order valence-electron chi connectivity index (χ0n) is 9.33. The largest absolute Gasteiger partial charge is 0.492 e. The average molecular weight is 321 g/mol. The fraction of sp³-hybridized carbons (Fsp3) is 0.500. The third kappa shape index (κ3) is 3.87. The van der Waals surface area contributed by atoms with E-state index >= 15 is 0 Å². The second-order valence-corrected chi connectivity index (χ2v) is 3.83. The summed E-state index contributed by atoms with van der Waals surface area (Å²) in [6.07, 6.45) is -0.409. The normalized spacial score (nSPS) is 10.1. The fourth-order valence-electron chi connectivity index (χ4n) is 1.09. The molecule has 98 valence electrons. The van der Waals surface area contributed by atoms with E-state index in [4.69, 9.17) is 0 Å². The summed E-state index contributed by atoms with van der Waals surface area (Å²) >= 11 is 2.93. The second-order valence-electron chi connectivity index (χ2n) is 3.12. The average Bonchev–Trinajstić information content (AvgIpc) is 2.60. The summed E-state index contributed by atoms with van der Waals surface area (Å²) in [4.78, 5) is 35.6. The minimum absolute atomic E-state index is 0.0476. The Hall–Kier alpha value is -1.84.